The third kappa shape index (κ3) is 3.52. The number of phenolic OH excluding ortho intramolecular Hbond substituents is 2. The van der Waals surface area contributed by atoms with Gasteiger partial charge in [0, 0.05) is 18.2 Å². The summed E-state index contributed by atoms with van der Waals surface area (Å²) in [6, 6.07) is 13.3. The zero-order valence-electron chi connectivity index (χ0n) is 12.1. The Kier molecular flexibility index (Phi) is 4.30. The fourth-order valence-corrected chi connectivity index (χ4v) is 2.29. The molecule has 0 aliphatic heterocycles. The summed E-state index contributed by atoms with van der Waals surface area (Å²) < 4.78 is 0. The summed E-state index contributed by atoms with van der Waals surface area (Å²) in [4.78, 5) is 0. The van der Waals surface area contributed by atoms with Crippen molar-refractivity contribution in [2.24, 2.45) is 0 Å². The fourth-order valence-electron chi connectivity index (χ4n) is 2.29. The highest BCUT2D eigenvalue weighted by Gasteiger charge is 2.12. The molecule has 2 atom stereocenters. The number of hydrogen-bond acceptors (Lipinski definition) is 3. The van der Waals surface area contributed by atoms with E-state index in [2.05, 4.69) is 43.4 Å². The van der Waals surface area contributed by atoms with Gasteiger partial charge in [0.25, 0.3) is 0 Å². The largest absolute Gasteiger partial charge is 0.508 e. The van der Waals surface area contributed by atoms with Crippen LogP contribution in [0.3, 0.4) is 0 Å². The molecule has 0 heterocycles. The lowest BCUT2D eigenvalue weighted by atomic mass is 10.0. The lowest BCUT2D eigenvalue weighted by molar-refractivity contribution is 0.442. The van der Waals surface area contributed by atoms with Crippen molar-refractivity contribution in [1.29, 1.82) is 0 Å². The smallest absolute Gasteiger partial charge is 0.119 e. The molecule has 0 amide bonds. The van der Waals surface area contributed by atoms with E-state index in [0.29, 0.717) is 0 Å². The van der Waals surface area contributed by atoms with Gasteiger partial charge < -0.3 is 15.5 Å². The molecule has 3 nitrogen and oxygen atoms in total. The third-order valence-corrected chi connectivity index (χ3v) is 3.50. The highest BCUT2D eigenvalue weighted by Crippen LogP contribution is 2.26. The molecule has 0 aliphatic rings. The van der Waals surface area contributed by atoms with Crippen molar-refractivity contribution in [3.8, 4) is 11.5 Å². The van der Waals surface area contributed by atoms with Gasteiger partial charge in [-0.15, -0.1) is 0 Å². The van der Waals surface area contributed by atoms with Gasteiger partial charge in [-0.25, -0.2) is 0 Å². The van der Waals surface area contributed by atoms with E-state index >= 15 is 0 Å². The van der Waals surface area contributed by atoms with E-state index in [1.165, 1.54) is 17.2 Å². The van der Waals surface area contributed by atoms with E-state index in [9.17, 15) is 10.2 Å². The lowest BCUT2D eigenvalue weighted by Gasteiger charge is -2.21. The van der Waals surface area contributed by atoms with Crippen molar-refractivity contribution in [3.05, 3.63) is 59.2 Å². The molecule has 0 saturated heterocycles. The first-order valence-electron chi connectivity index (χ1n) is 6.81. The van der Waals surface area contributed by atoms with E-state index in [0.717, 1.165) is 5.56 Å². The van der Waals surface area contributed by atoms with E-state index in [-0.39, 0.29) is 23.6 Å². The molecule has 3 heteroatoms. The van der Waals surface area contributed by atoms with Gasteiger partial charge in [-0.1, -0.05) is 29.8 Å². The normalized spacial score (nSPS) is 13.9. The molecule has 0 spiro atoms. The summed E-state index contributed by atoms with van der Waals surface area (Å²) >= 11 is 0. The first kappa shape index (κ1) is 14.4. The number of phenols is 2. The summed E-state index contributed by atoms with van der Waals surface area (Å²) in [7, 11) is 0. The third-order valence-electron chi connectivity index (χ3n) is 3.50. The molecule has 20 heavy (non-hydrogen) atoms. The minimum absolute atomic E-state index is 0.0318. The van der Waals surface area contributed by atoms with E-state index in [1.807, 2.05) is 6.92 Å². The van der Waals surface area contributed by atoms with Crippen molar-refractivity contribution < 1.29 is 10.2 Å². The molecule has 2 aromatic carbocycles. The van der Waals surface area contributed by atoms with Crippen molar-refractivity contribution in [1.82, 2.24) is 5.32 Å². The number of nitrogens with one attached hydrogen (secondary N) is 1. The highest BCUT2D eigenvalue weighted by molar-refractivity contribution is 5.38. The summed E-state index contributed by atoms with van der Waals surface area (Å²) in [5.41, 5.74) is 3.32. The molecule has 106 valence electrons. The minimum Gasteiger partial charge on any atom is -0.508 e. The Labute approximate surface area is 119 Å². The Bertz CT molecular complexity index is 558. The Morgan fingerprint density at radius 1 is 0.800 bits per heavy atom. The molecule has 2 aromatic rings. The number of rotatable bonds is 4. The molecule has 0 aromatic heterocycles. The lowest BCUT2D eigenvalue weighted by Crippen LogP contribution is -2.22. The van der Waals surface area contributed by atoms with Crippen molar-refractivity contribution in [2.75, 3.05) is 0 Å². The predicted octanol–water partition coefficient (Wildman–Crippen LogP) is 3.82. The van der Waals surface area contributed by atoms with Crippen LogP contribution in [0.5, 0.6) is 11.5 Å². The van der Waals surface area contributed by atoms with Gasteiger partial charge in [0.1, 0.15) is 11.5 Å². The van der Waals surface area contributed by atoms with E-state index in [1.54, 1.807) is 12.1 Å². The molecule has 0 aliphatic carbocycles. The van der Waals surface area contributed by atoms with Gasteiger partial charge in [0.05, 0.1) is 0 Å². The first-order valence-corrected chi connectivity index (χ1v) is 6.81. The maximum Gasteiger partial charge on any atom is 0.119 e. The number of aryl methyl sites for hydroxylation is 1. The molecule has 3 N–H and O–H groups in total. The van der Waals surface area contributed by atoms with Crippen LogP contribution in [0, 0.1) is 6.92 Å². The predicted molar refractivity (Wildman–Crippen MR) is 80.9 cm³/mol. The second-order valence-corrected chi connectivity index (χ2v) is 5.30. The van der Waals surface area contributed by atoms with Crippen LogP contribution in [0.15, 0.2) is 42.5 Å². The number of hydrogen-bond donors (Lipinski definition) is 3. The van der Waals surface area contributed by atoms with Crippen LogP contribution < -0.4 is 5.32 Å². The highest BCUT2D eigenvalue weighted by atomic mass is 16.3. The SMILES string of the molecule is Cc1ccc([C@@H](C)NC(C)c2cc(O)cc(O)c2)cc1. The zero-order chi connectivity index (χ0) is 14.7. The fraction of sp³-hybridized carbons (Fsp3) is 0.294. The van der Waals surface area contributed by atoms with E-state index in [4.69, 9.17) is 0 Å². The minimum atomic E-state index is 0.0318. The molecular formula is C17H21NO2. The van der Waals surface area contributed by atoms with Gasteiger partial charge in [-0.3, -0.25) is 0 Å². The van der Waals surface area contributed by atoms with Crippen LogP contribution >= 0.6 is 0 Å². The Balaban J connectivity index is 2.10. The average Bonchev–Trinajstić information content (AvgIpc) is 2.38. The van der Waals surface area contributed by atoms with Crippen molar-refractivity contribution in [3.63, 3.8) is 0 Å². The summed E-state index contributed by atoms with van der Waals surface area (Å²) in [5, 5.41) is 22.5. The van der Waals surface area contributed by atoms with Gasteiger partial charge in [-0.2, -0.15) is 0 Å². The topological polar surface area (TPSA) is 52.5 Å². The molecule has 2 rings (SSSR count). The molecule has 1 unspecified atom stereocenters. The summed E-state index contributed by atoms with van der Waals surface area (Å²) in [5.74, 6) is 0.160. The summed E-state index contributed by atoms with van der Waals surface area (Å²) in [6.07, 6.45) is 0. The molecule has 0 fully saturated rings. The first-order chi connectivity index (χ1) is 9.45. The van der Waals surface area contributed by atoms with Crippen molar-refractivity contribution >= 4 is 0 Å². The van der Waals surface area contributed by atoms with Gasteiger partial charge >= 0.3 is 0 Å². The van der Waals surface area contributed by atoms with Crippen molar-refractivity contribution in [2.45, 2.75) is 32.9 Å². The Morgan fingerprint density at radius 3 is 1.85 bits per heavy atom. The van der Waals surface area contributed by atoms with E-state index < -0.39 is 0 Å². The molecule has 0 bridgehead atoms. The van der Waals surface area contributed by atoms with Crippen LogP contribution in [-0.2, 0) is 0 Å². The average molecular weight is 271 g/mol. The second kappa shape index (κ2) is 5.97. The van der Waals surface area contributed by atoms with Gasteiger partial charge in [-0.05, 0) is 44.0 Å². The standard InChI is InChI=1S/C17H21NO2/c1-11-4-6-14(7-5-11)12(2)18-13(3)15-8-16(19)10-17(20)9-15/h4-10,12-13,18-20H,1-3H3/t12-,13?/m1/s1. The van der Waals surface area contributed by atoms with Crippen LogP contribution in [0.2, 0.25) is 0 Å². The molecular weight excluding hydrogens is 250 g/mol. The Hall–Kier alpha value is -2.00. The van der Waals surface area contributed by atoms with Crippen LogP contribution in [-0.4, -0.2) is 10.2 Å². The monoisotopic (exact) mass is 271 g/mol. The van der Waals surface area contributed by atoms with Crippen LogP contribution in [0.4, 0.5) is 0 Å². The van der Waals surface area contributed by atoms with Crippen LogP contribution in [0.25, 0.3) is 0 Å². The second-order valence-electron chi connectivity index (χ2n) is 5.30. The number of benzene rings is 2. The van der Waals surface area contributed by atoms with Gasteiger partial charge in [0.2, 0.25) is 0 Å². The zero-order valence-corrected chi connectivity index (χ0v) is 12.1. The summed E-state index contributed by atoms with van der Waals surface area (Å²) in [6.45, 7) is 6.18. The quantitative estimate of drug-likeness (QED) is 0.792. The number of aromatic hydroxyl groups is 2. The van der Waals surface area contributed by atoms with Gasteiger partial charge in [0.15, 0.2) is 0 Å². The maximum atomic E-state index is 9.54. The van der Waals surface area contributed by atoms with Crippen LogP contribution in [0.1, 0.15) is 42.6 Å². The Morgan fingerprint density at radius 2 is 1.30 bits per heavy atom. The molecule has 0 saturated carbocycles. The molecule has 0 radical (unpaired) electrons. The maximum absolute atomic E-state index is 9.54.